The van der Waals surface area contributed by atoms with Gasteiger partial charge in [-0.3, -0.25) is 4.79 Å². The van der Waals surface area contributed by atoms with Crippen molar-refractivity contribution in [2.24, 2.45) is 5.92 Å². The number of hydrogen-bond acceptors (Lipinski definition) is 2. The molecule has 1 saturated heterocycles. The minimum atomic E-state index is 0.0630. The molecule has 110 valence electrons. The van der Waals surface area contributed by atoms with Crippen LogP contribution < -0.4 is 10.6 Å². The summed E-state index contributed by atoms with van der Waals surface area (Å²) in [5.41, 5.74) is 1.13. The van der Waals surface area contributed by atoms with E-state index in [1.165, 1.54) is 12.8 Å². The Hall–Kier alpha value is -0.870. The molecule has 2 rings (SSSR count). The van der Waals surface area contributed by atoms with Crippen molar-refractivity contribution >= 4 is 21.8 Å². The summed E-state index contributed by atoms with van der Waals surface area (Å²) < 4.78 is 1.05. The monoisotopic (exact) mass is 338 g/mol. The Morgan fingerprint density at radius 2 is 2.20 bits per heavy atom. The van der Waals surface area contributed by atoms with Crippen molar-refractivity contribution in [1.29, 1.82) is 0 Å². The Bertz CT molecular complexity index is 444. The number of halogens is 1. The topological polar surface area (TPSA) is 41.1 Å². The predicted octanol–water partition coefficient (Wildman–Crippen LogP) is 3.41. The molecule has 0 bridgehead atoms. The van der Waals surface area contributed by atoms with Crippen molar-refractivity contribution in [3.8, 4) is 0 Å². The van der Waals surface area contributed by atoms with Gasteiger partial charge in [-0.15, -0.1) is 0 Å². The van der Waals surface area contributed by atoms with E-state index in [0.29, 0.717) is 12.3 Å². The van der Waals surface area contributed by atoms with E-state index < -0.39 is 0 Å². The first kappa shape index (κ1) is 15.5. The van der Waals surface area contributed by atoms with Gasteiger partial charge in [0.25, 0.3) is 0 Å². The zero-order valence-corrected chi connectivity index (χ0v) is 13.6. The van der Waals surface area contributed by atoms with Crippen molar-refractivity contribution in [3.63, 3.8) is 0 Å². The Morgan fingerprint density at radius 3 is 2.90 bits per heavy atom. The summed E-state index contributed by atoms with van der Waals surface area (Å²) in [5.74, 6) is 0.874. The maximum atomic E-state index is 12.0. The molecule has 3 nitrogen and oxygen atoms in total. The third-order valence-electron chi connectivity index (χ3n) is 3.96. The fraction of sp³-hybridized carbons (Fsp3) is 0.562. The molecule has 1 amide bonds. The first-order chi connectivity index (χ1) is 9.65. The number of carbonyl (C=O) groups excluding carboxylic acids is 1. The largest absolute Gasteiger partial charge is 0.350 e. The standard InChI is InChI=1S/C16H23BrN2O/c1-12(14-3-2-4-15(17)11-14)19-16(20)6-5-13-7-9-18-10-8-13/h2-4,11-13,18H,5-10H2,1H3,(H,19,20)/t12-/m0/s1. The Morgan fingerprint density at radius 1 is 1.45 bits per heavy atom. The van der Waals surface area contributed by atoms with Crippen molar-refractivity contribution < 1.29 is 4.79 Å². The molecule has 1 fully saturated rings. The zero-order valence-electron chi connectivity index (χ0n) is 12.0. The van der Waals surface area contributed by atoms with Crippen molar-refractivity contribution in [2.75, 3.05) is 13.1 Å². The zero-order chi connectivity index (χ0) is 14.4. The van der Waals surface area contributed by atoms with Crippen LogP contribution in [0.3, 0.4) is 0 Å². The molecule has 0 aliphatic carbocycles. The Kier molecular flexibility index (Phi) is 6.05. The molecule has 1 aromatic carbocycles. The second kappa shape index (κ2) is 7.79. The van der Waals surface area contributed by atoms with E-state index in [-0.39, 0.29) is 11.9 Å². The van der Waals surface area contributed by atoms with Gasteiger partial charge in [-0.25, -0.2) is 0 Å². The summed E-state index contributed by atoms with van der Waals surface area (Å²) in [7, 11) is 0. The average Bonchev–Trinajstić information content (AvgIpc) is 2.46. The number of carbonyl (C=O) groups is 1. The molecule has 1 heterocycles. The highest BCUT2D eigenvalue weighted by molar-refractivity contribution is 9.10. The number of nitrogens with one attached hydrogen (secondary N) is 2. The molecular formula is C16H23BrN2O. The van der Waals surface area contributed by atoms with Gasteiger partial charge in [0, 0.05) is 10.9 Å². The van der Waals surface area contributed by atoms with Crippen LogP contribution in [-0.4, -0.2) is 19.0 Å². The van der Waals surface area contributed by atoms with E-state index in [2.05, 4.69) is 32.6 Å². The van der Waals surface area contributed by atoms with Crippen LogP contribution in [0.2, 0.25) is 0 Å². The Labute approximate surface area is 129 Å². The average molecular weight is 339 g/mol. The van der Waals surface area contributed by atoms with E-state index in [0.717, 1.165) is 29.5 Å². The molecule has 1 aliphatic heterocycles. The summed E-state index contributed by atoms with van der Waals surface area (Å²) in [5, 5.41) is 6.44. The van der Waals surface area contributed by atoms with Crippen LogP contribution in [0.15, 0.2) is 28.7 Å². The van der Waals surface area contributed by atoms with Crippen LogP contribution in [0.1, 0.15) is 44.2 Å². The number of rotatable bonds is 5. The summed E-state index contributed by atoms with van der Waals surface area (Å²) in [6.45, 7) is 4.23. The first-order valence-electron chi connectivity index (χ1n) is 7.40. The molecule has 0 spiro atoms. The molecule has 0 aromatic heterocycles. The van der Waals surface area contributed by atoms with E-state index in [4.69, 9.17) is 0 Å². The van der Waals surface area contributed by atoms with Crippen molar-refractivity contribution in [2.45, 2.75) is 38.6 Å². The molecule has 2 N–H and O–H groups in total. The summed E-state index contributed by atoms with van der Waals surface area (Å²) in [6.07, 6.45) is 4.06. The van der Waals surface area contributed by atoms with Gasteiger partial charge in [-0.1, -0.05) is 28.1 Å². The highest BCUT2D eigenvalue weighted by Gasteiger charge is 2.15. The van der Waals surface area contributed by atoms with Gasteiger partial charge < -0.3 is 10.6 Å². The van der Waals surface area contributed by atoms with Gasteiger partial charge in [0.05, 0.1) is 6.04 Å². The molecule has 1 aromatic rings. The number of amides is 1. The van der Waals surface area contributed by atoms with Gasteiger partial charge in [0.1, 0.15) is 0 Å². The molecule has 4 heteroatoms. The van der Waals surface area contributed by atoms with Crippen LogP contribution in [0.4, 0.5) is 0 Å². The highest BCUT2D eigenvalue weighted by atomic mass is 79.9. The normalized spacial score (nSPS) is 17.7. The summed E-state index contributed by atoms with van der Waals surface area (Å²) in [6, 6.07) is 8.15. The number of piperidine rings is 1. The third kappa shape index (κ3) is 4.91. The SMILES string of the molecule is C[C@H](NC(=O)CCC1CCNCC1)c1cccc(Br)c1. The first-order valence-corrected chi connectivity index (χ1v) is 8.20. The molecule has 0 unspecified atom stereocenters. The van der Waals surface area contributed by atoms with Gasteiger partial charge in [0.2, 0.25) is 5.91 Å². The smallest absolute Gasteiger partial charge is 0.220 e. The lowest BCUT2D eigenvalue weighted by Gasteiger charge is -2.22. The number of benzene rings is 1. The lowest BCUT2D eigenvalue weighted by molar-refractivity contribution is -0.122. The predicted molar refractivity (Wildman–Crippen MR) is 85.5 cm³/mol. The third-order valence-corrected chi connectivity index (χ3v) is 4.46. The maximum absolute atomic E-state index is 12.0. The van der Waals surface area contributed by atoms with Crippen molar-refractivity contribution in [1.82, 2.24) is 10.6 Å². The number of hydrogen-bond donors (Lipinski definition) is 2. The fourth-order valence-corrected chi connectivity index (χ4v) is 3.10. The minimum absolute atomic E-state index is 0.0630. The van der Waals surface area contributed by atoms with Gasteiger partial charge in [-0.2, -0.15) is 0 Å². The molecule has 1 aliphatic rings. The van der Waals surface area contributed by atoms with Crippen LogP contribution in [-0.2, 0) is 4.79 Å². The second-order valence-electron chi connectivity index (χ2n) is 5.58. The van der Waals surface area contributed by atoms with E-state index in [9.17, 15) is 4.79 Å². The minimum Gasteiger partial charge on any atom is -0.350 e. The summed E-state index contributed by atoms with van der Waals surface area (Å²) in [4.78, 5) is 12.0. The van der Waals surface area contributed by atoms with Gasteiger partial charge in [-0.05, 0) is 62.9 Å². The quantitative estimate of drug-likeness (QED) is 0.863. The molecule has 20 heavy (non-hydrogen) atoms. The molecule has 0 saturated carbocycles. The van der Waals surface area contributed by atoms with Gasteiger partial charge >= 0.3 is 0 Å². The fourth-order valence-electron chi connectivity index (χ4n) is 2.68. The highest BCUT2D eigenvalue weighted by Crippen LogP contribution is 2.20. The lowest BCUT2D eigenvalue weighted by atomic mass is 9.93. The molecule has 0 radical (unpaired) electrons. The maximum Gasteiger partial charge on any atom is 0.220 e. The van der Waals surface area contributed by atoms with E-state index >= 15 is 0 Å². The van der Waals surface area contributed by atoms with E-state index in [1.807, 2.05) is 25.1 Å². The van der Waals surface area contributed by atoms with Gasteiger partial charge in [0.15, 0.2) is 0 Å². The second-order valence-corrected chi connectivity index (χ2v) is 6.49. The van der Waals surface area contributed by atoms with Crippen LogP contribution >= 0.6 is 15.9 Å². The van der Waals surface area contributed by atoms with Crippen molar-refractivity contribution in [3.05, 3.63) is 34.3 Å². The summed E-state index contributed by atoms with van der Waals surface area (Å²) >= 11 is 3.46. The lowest BCUT2D eigenvalue weighted by Crippen LogP contribution is -2.30. The molecule has 1 atom stereocenters. The van der Waals surface area contributed by atoms with Crippen LogP contribution in [0, 0.1) is 5.92 Å². The Balaban J connectivity index is 1.76. The van der Waals surface area contributed by atoms with Crippen LogP contribution in [0.5, 0.6) is 0 Å². The molecular weight excluding hydrogens is 316 g/mol. The van der Waals surface area contributed by atoms with E-state index in [1.54, 1.807) is 0 Å². The van der Waals surface area contributed by atoms with Crippen LogP contribution in [0.25, 0.3) is 0 Å².